The van der Waals surface area contributed by atoms with E-state index in [1.54, 1.807) is 14.2 Å². The topological polar surface area (TPSA) is 101 Å². The van der Waals surface area contributed by atoms with E-state index >= 15 is 0 Å². The van der Waals surface area contributed by atoms with Gasteiger partial charge in [-0.2, -0.15) is 0 Å². The van der Waals surface area contributed by atoms with Crippen LogP contribution in [0.25, 0.3) is 65.2 Å². The molecule has 2 aliphatic rings. The lowest BCUT2D eigenvalue weighted by atomic mass is 9.78. The lowest BCUT2D eigenvalue weighted by molar-refractivity contribution is 0.0442. The van der Waals surface area contributed by atoms with Crippen LogP contribution in [0, 0.1) is 11.8 Å². The zero-order chi connectivity index (χ0) is 39.3. The van der Waals surface area contributed by atoms with Gasteiger partial charge in [-0.1, -0.05) is 12.1 Å². The summed E-state index contributed by atoms with van der Waals surface area (Å²) >= 11 is 0. The number of aromatic nitrogens is 4. The molecule has 2 unspecified atom stereocenters. The van der Waals surface area contributed by atoms with Crippen LogP contribution in [-0.2, 0) is 13.1 Å². The first-order chi connectivity index (χ1) is 28.4. The van der Waals surface area contributed by atoms with Gasteiger partial charge in [-0.3, -0.25) is 0 Å². The van der Waals surface area contributed by atoms with Crippen molar-refractivity contribution in [1.29, 1.82) is 0 Å². The number of fused-ring (bicyclic) bond motifs is 10. The molecule has 2 saturated heterocycles. The minimum Gasteiger partial charge on any atom is -0.497 e. The lowest BCUT2D eigenvalue weighted by Gasteiger charge is -2.41. The molecule has 0 bridgehead atoms. The maximum atomic E-state index is 11.3. The smallest absolute Gasteiger partial charge is 0.121 e. The number of nitrogens with zero attached hydrogens (tertiary/aromatic N) is 6. The number of hydrogen-bond acceptors (Lipinski definition) is 8. The Labute approximate surface area is 338 Å². The number of ether oxygens (including phenoxy) is 2. The number of methoxy groups -OCH3 is 2. The molecule has 2 fully saturated rings. The third kappa shape index (κ3) is 7.12. The highest BCUT2D eigenvalue weighted by atomic mass is 16.5. The summed E-state index contributed by atoms with van der Waals surface area (Å²) in [6.07, 6.45) is 12.4. The molecule has 4 aromatic heterocycles. The number of aliphatic hydroxyl groups excluding tert-OH is 2. The molecule has 0 amide bonds. The van der Waals surface area contributed by atoms with Gasteiger partial charge in [0.15, 0.2) is 0 Å². The average molecular weight is 777 g/mol. The Morgan fingerprint density at radius 2 is 1.02 bits per heavy atom. The normalized spacial score (nSPS) is 17.7. The summed E-state index contributed by atoms with van der Waals surface area (Å²) in [6, 6.07) is 24.9. The highest BCUT2D eigenvalue weighted by molar-refractivity contribution is 6.21. The molecule has 0 spiro atoms. The van der Waals surface area contributed by atoms with Gasteiger partial charge in [-0.25, -0.2) is 9.97 Å². The molecule has 58 heavy (non-hydrogen) atoms. The summed E-state index contributed by atoms with van der Waals surface area (Å²) in [5.41, 5.74) is 3.86. The van der Waals surface area contributed by atoms with E-state index in [1.807, 2.05) is 24.3 Å². The van der Waals surface area contributed by atoms with Gasteiger partial charge in [0.2, 0.25) is 0 Å². The van der Waals surface area contributed by atoms with Crippen molar-refractivity contribution in [3.05, 3.63) is 97.6 Å². The molecular formula is C48H52N6O4. The Hall–Kier alpha value is -5.26. The van der Waals surface area contributed by atoms with Crippen molar-refractivity contribution in [2.45, 2.75) is 51.0 Å². The van der Waals surface area contributed by atoms with Crippen LogP contribution >= 0.6 is 0 Å². The minimum absolute atomic E-state index is 0.448. The highest BCUT2D eigenvalue weighted by Crippen LogP contribution is 2.36. The van der Waals surface area contributed by atoms with E-state index in [9.17, 15) is 10.2 Å². The second kappa shape index (κ2) is 15.5. The Morgan fingerprint density at radius 3 is 1.57 bits per heavy atom. The number of pyridine rings is 2. The Morgan fingerprint density at radius 1 is 0.534 bits per heavy atom. The average Bonchev–Trinajstić information content (AvgIpc) is 3.82. The molecule has 0 aliphatic carbocycles. The second-order valence-electron chi connectivity index (χ2n) is 16.8. The summed E-state index contributed by atoms with van der Waals surface area (Å²) in [4.78, 5) is 14.6. The molecule has 0 radical (unpaired) electrons. The number of hydrogen-bond donors (Lipinski definition) is 2. The first kappa shape index (κ1) is 37.0. The quantitative estimate of drug-likeness (QED) is 0.137. The fraction of sp³-hybridized carbons (Fsp3) is 0.375. The third-order valence-electron chi connectivity index (χ3n) is 13.1. The molecule has 2 N–H and O–H groups in total. The Bertz CT molecular complexity index is 2760. The van der Waals surface area contributed by atoms with Crippen molar-refractivity contribution in [2.75, 3.05) is 53.5 Å². The van der Waals surface area contributed by atoms with Crippen LogP contribution in [0.15, 0.2) is 97.6 Å². The zero-order valence-electron chi connectivity index (χ0n) is 33.4. The van der Waals surface area contributed by atoms with E-state index in [0.29, 0.717) is 26.2 Å². The van der Waals surface area contributed by atoms with E-state index < -0.39 is 12.2 Å². The molecule has 10 nitrogen and oxygen atoms in total. The molecule has 298 valence electrons. The van der Waals surface area contributed by atoms with Gasteiger partial charge < -0.3 is 38.6 Å². The maximum Gasteiger partial charge on any atom is 0.121 e. The maximum absolute atomic E-state index is 11.3. The standard InChI is InChI=1S/C48H52N6O4/c1-57-37-6-10-43-40(23-37)48-42-30-54(22-16-34(42)4-9-45(48)49-43)28-36(56)26-52-19-13-32(14-20-52)31-11-17-51(18-12-31)25-35(55)27-53-21-15-33-3-8-44-47(41(33)29-53)39-7-5-38(58-2)24-46(39)50-44/h3-10,15-16,21-24,29-32,35-36,55-56H,11-14,17-20,25-28H2,1-2H3. The largest absolute Gasteiger partial charge is 0.497 e. The van der Waals surface area contributed by atoms with Gasteiger partial charge in [0.05, 0.1) is 48.5 Å². The minimum atomic E-state index is -0.451. The van der Waals surface area contributed by atoms with Gasteiger partial charge in [0.1, 0.15) is 11.5 Å². The SMILES string of the molecule is COc1ccc2c(c1)nc1ccc3ccn(CC(O)CN4CCC(C5CCN(CC(O)Cn6ccc7ccc8nc9ccc(OC)cc9c8c7c6)CC5)CC4)cc3c12. The number of likely N-dealkylation sites (tertiary alicyclic amines) is 2. The molecule has 2 atom stereocenters. The summed E-state index contributed by atoms with van der Waals surface area (Å²) < 4.78 is 15.2. The molecule has 0 saturated carbocycles. The monoisotopic (exact) mass is 776 g/mol. The molecular weight excluding hydrogens is 725 g/mol. The number of aliphatic hydroxyl groups is 2. The van der Waals surface area contributed by atoms with E-state index in [0.717, 1.165) is 109 Å². The zero-order valence-corrected chi connectivity index (χ0v) is 33.4. The highest BCUT2D eigenvalue weighted by Gasteiger charge is 2.30. The van der Waals surface area contributed by atoms with Gasteiger partial charge in [-0.05, 0) is 129 Å². The number of piperidine rings is 2. The van der Waals surface area contributed by atoms with Crippen LogP contribution in [0.4, 0.5) is 0 Å². The van der Waals surface area contributed by atoms with Crippen molar-refractivity contribution >= 4 is 65.2 Å². The number of rotatable bonds is 11. The third-order valence-corrected chi connectivity index (χ3v) is 13.1. The molecule has 6 heterocycles. The van der Waals surface area contributed by atoms with Crippen molar-refractivity contribution in [2.24, 2.45) is 11.8 Å². The second-order valence-corrected chi connectivity index (χ2v) is 16.8. The van der Waals surface area contributed by atoms with Crippen LogP contribution < -0.4 is 9.47 Å². The number of β-amino-alcohol motifs (C(OH)–C–C–N with tert-alkyl or cyclic N) is 2. The summed E-state index contributed by atoms with van der Waals surface area (Å²) in [5.74, 6) is 3.10. The first-order valence-electron chi connectivity index (χ1n) is 20.9. The van der Waals surface area contributed by atoms with Crippen molar-refractivity contribution in [1.82, 2.24) is 28.9 Å². The molecule has 8 aromatic rings. The fourth-order valence-corrected chi connectivity index (χ4v) is 10.1. The predicted molar refractivity (Wildman–Crippen MR) is 233 cm³/mol. The van der Waals surface area contributed by atoms with Crippen LogP contribution in [0.5, 0.6) is 11.5 Å². The van der Waals surface area contributed by atoms with Gasteiger partial charge >= 0.3 is 0 Å². The summed E-state index contributed by atoms with van der Waals surface area (Å²) in [7, 11) is 3.38. The van der Waals surface area contributed by atoms with Crippen LogP contribution in [0.3, 0.4) is 0 Å². The van der Waals surface area contributed by atoms with E-state index in [-0.39, 0.29) is 0 Å². The van der Waals surface area contributed by atoms with Crippen molar-refractivity contribution in [3.63, 3.8) is 0 Å². The van der Waals surface area contributed by atoms with Crippen LogP contribution in [0.1, 0.15) is 25.7 Å². The molecule has 4 aromatic carbocycles. The van der Waals surface area contributed by atoms with E-state index in [1.165, 1.54) is 31.1 Å². The molecule has 10 rings (SSSR count). The summed E-state index contributed by atoms with van der Waals surface area (Å²) in [6.45, 7) is 6.63. The van der Waals surface area contributed by atoms with Gasteiger partial charge in [-0.15, -0.1) is 0 Å². The van der Waals surface area contributed by atoms with E-state index in [4.69, 9.17) is 19.4 Å². The van der Waals surface area contributed by atoms with Crippen LogP contribution in [0.2, 0.25) is 0 Å². The fourth-order valence-electron chi connectivity index (χ4n) is 10.1. The Kier molecular flexibility index (Phi) is 9.89. The van der Waals surface area contributed by atoms with Gasteiger partial charge in [0, 0.05) is 89.4 Å². The van der Waals surface area contributed by atoms with Crippen molar-refractivity contribution < 1.29 is 19.7 Å². The van der Waals surface area contributed by atoms with Gasteiger partial charge in [0.25, 0.3) is 0 Å². The molecule has 2 aliphatic heterocycles. The van der Waals surface area contributed by atoms with E-state index in [2.05, 4.69) is 92.3 Å². The van der Waals surface area contributed by atoms with Crippen LogP contribution in [-0.4, -0.2) is 105 Å². The number of benzene rings is 4. The molecule has 10 heteroatoms. The predicted octanol–water partition coefficient (Wildman–Crippen LogP) is 7.86. The Balaban J connectivity index is 0.708. The van der Waals surface area contributed by atoms with Crippen molar-refractivity contribution in [3.8, 4) is 11.5 Å². The first-order valence-corrected chi connectivity index (χ1v) is 20.9. The summed E-state index contributed by atoms with van der Waals surface area (Å²) in [5, 5.41) is 31.6. The lowest BCUT2D eigenvalue weighted by Crippen LogP contribution is -2.44.